The fourth-order valence-electron chi connectivity index (χ4n) is 1.50. The Kier molecular flexibility index (Phi) is 4.78. The number of methoxy groups -OCH3 is 4. The third-order valence-corrected chi connectivity index (χ3v) is 2.31. The van der Waals surface area contributed by atoms with Gasteiger partial charge in [-0.25, -0.2) is 4.79 Å². The molecular formula is C12H16O5. The maximum Gasteiger partial charge on any atom is 0.341 e. The Balaban J connectivity index is 3.27. The van der Waals surface area contributed by atoms with Gasteiger partial charge in [0.1, 0.15) is 17.1 Å². The molecule has 0 aromatic heterocycles. The molecule has 94 valence electrons. The summed E-state index contributed by atoms with van der Waals surface area (Å²) in [7, 11) is 5.92. The first-order chi connectivity index (χ1) is 8.17. The van der Waals surface area contributed by atoms with Crippen LogP contribution in [-0.2, 0) is 16.1 Å². The van der Waals surface area contributed by atoms with E-state index < -0.39 is 5.97 Å². The van der Waals surface area contributed by atoms with Crippen molar-refractivity contribution in [3.63, 3.8) is 0 Å². The monoisotopic (exact) mass is 240 g/mol. The molecule has 0 N–H and O–H groups in total. The number of benzene rings is 1. The first kappa shape index (κ1) is 13.3. The lowest BCUT2D eigenvalue weighted by molar-refractivity contribution is 0.0596. The van der Waals surface area contributed by atoms with Gasteiger partial charge in [0.2, 0.25) is 0 Å². The van der Waals surface area contributed by atoms with Gasteiger partial charge in [-0.05, 0) is 12.1 Å². The van der Waals surface area contributed by atoms with Gasteiger partial charge < -0.3 is 18.9 Å². The van der Waals surface area contributed by atoms with Crippen LogP contribution in [-0.4, -0.2) is 34.4 Å². The second-order valence-electron chi connectivity index (χ2n) is 3.29. The Hall–Kier alpha value is -1.75. The number of ether oxygens (including phenoxy) is 4. The van der Waals surface area contributed by atoms with E-state index in [1.807, 2.05) is 0 Å². The zero-order chi connectivity index (χ0) is 12.8. The van der Waals surface area contributed by atoms with Gasteiger partial charge in [0.15, 0.2) is 0 Å². The third-order valence-electron chi connectivity index (χ3n) is 2.31. The van der Waals surface area contributed by atoms with Crippen LogP contribution in [0.3, 0.4) is 0 Å². The quantitative estimate of drug-likeness (QED) is 0.732. The highest BCUT2D eigenvalue weighted by Crippen LogP contribution is 2.29. The molecule has 0 aliphatic carbocycles. The zero-order valence-corrected chi connectivity index (χ0v) is 10.4. The maximum absolute atomic E-state index is 11.5. The Morgan fingerprint density at radius 2 is 1.71 bits per heavy atom. The van der Waals surface area contributed by atoms with Crippen LogP contribution in [0.1, 0.15) is 15.9 Å². The van der Waals surface area contributed by atoms with Crippen LogP contribution in [0.25, 0.3) is 0 Å². The minimum absolute atomic E-state index is 0.326. The molecule has 0 unspecified atom stereocenters. The van der Waals surface area contributed by atoms with Crippen LogP contribution >= 0.6 is 0 Å². The summed E-state index contributed by atoms with van der Waals surface area (Å²) < 4.78 is 20.0. The summed E-state index contributed by atoms with van der Waals surface area (Å²) in [5.41, 5.74) is 1.13. The van der Waals surface area contributed by atoms with E-state index in [4.69, 9.17) is 14.2 Å². The zero-order valence-electron chi connectivity index (χ0n) is 10.4. The van der Waals surface area contributed by atoms with E-state index >= 15 is 0 Å². The van der Waals surface area contributed by atoms with Crippen molar-refractivity contribution in [3.05, 3.63) is 23.3 Å². The number of hydrogen-bond acceptors (Lipinski definition) is 5. The fourth-order valence-corrected chi connectivity index (χ4v) is 1.50. The number of carbonyl (C=O) groups excluding carboxylic acids is 1. The predicted molar refractivity (Wildman–Crippen MR) is 61.6 cm³/mol. The number of esters is 1. The number of carbonyl (C=O) groups is 1. The summed E-state index contributed by atoms with van der Waals surface area (Å²) in [6.45, 7) is 0.376. The third kappa shape index (κ3) is 2.88. The van der Waals surface area contributed by atoms with Crippen LogP contribution in [0.5, 0.6) is 11.5 Å². The molecule has 1 aromatic carbocycles. The van der Waals surface area contributed by atoms with Crippen molar-refractivity contribution in [3.8, 4) is 11.5 Å². The summed E-state index contributed by atoms with van der Waals surface area (Å²) in [6.07, 6.45) is 0. The fraction of sp³-hybridized carbons (Fsp3) is 0.417. The molecule has 0 aliphatic rings. The molecule has 0 saturated carbocycles. The van der Waals surface area contributed by atoms with E-state index in [0.29, 0.717) is 23.7 Å². The second kappa shape index (κ2) is 6.10. The van der Waals surface area contributed by atoms with E-state index in [-0.39, 0.29) is 0 Å². The lowest BCUT2D eigenvalue weighted by atomic mass is 10.1. The number of hydrogen-bond donors (Lipinski definition) is 0. The molecule has 5 nitrogen and oxygen atoms in total. The van der Waals surface area contributed by atoms with Crippen LogP contribution in [0.2, 0.25) is 0 Å². The molecule has 0 radical (unpaired) electrons. The highest BCUT2D eigenvalue weighted by Gasteiger charge is 2.17. The van der Waals surface area contributed by atoms with Crippen LogP contribution in [0, 0.1) is 0 Å². The molecule has 17 heavy (non-hydrogen) atoms. The molecule has 5 heteroatoms. The lowest BCUT2D eigenvalue weighted by Crippen LogP contribution is -2.06. The van der Waals surface area contributed by atoms with Crippen LogP contribution < -0.4 is 9.47 Å². The second-order valence-corrected chi connectivity index (χ2v) is 3.29. The van der Waals surface area contributed by atoms with Crippen molar-refractivity contribution >= 4 is 5.97 Å². The average molecular weight is 240 g/mol. The summed E-state index contributed by atoms with van der Waals surface area (Å²) >= 11 is 0. The van der Waals surface area contributed by atoms with Gasteiger partial charge in [-0.2, -0.15) is 0 Å². The molecule has 1 aromatic rings. The van der Waals surface area contributed by atoms with E-state index in [9.17, 15) is 4.79 Å². The molecule has 0 heterocycles. The van der Waals surface area contributed by atoms with E-state index in [0.717, 1.165) is 5.56 Å². The first-order valence-corrected chi connectivity index (χ1v) is 5.00. The van der Waals surface area contributed by atoms with Crippen molar-refractivity contribution < 1.29 is 23.7 Å². The topological polar surface area (TPSA) is 54.0 Å². The van der Waals surface area contributed by atoms with Gasteiger partial charge in [-0.3, -0.25) is 0 Å². The highest BCUT2D eigenvalue weighted by atomic mass is 16.5. The van der Waals surface area contributed by atoms with Crippen molar-refractivity contribution in [1.29, 1.82) is 0 Å². The maximum atomic E-state index is 11.5. The average Bonchev–Trinajstić information content (AvgIpc) is 2.37. The molecule has 0 amide bonds. The Labute approximate surface area is 100 Å². The van der Waals surface area contributed by atoms with Crippen molar-refractivity contribution in [2.24, 2.45) is 0 Å². The van der Waals surface area contributed by atoms with Crippen LogP contribution in [0.15, 0.2) is 12.1 Å². The summed E-state index contributed by atoms with van der Waals surface area (Å²) in [4.78, 5) is 11.5. The Morgan fingerprint density at radius 3 is 2.18 bits per heavy atom. The van der Waals surface area contributed by atoms with Gasteiger partial charge in [0.25, 0.3) is 0 Å². The van der Waals surface area contributed by atoms with Gasteiger partial charge in [0.05, 0.1) is 27.9 Å². The summed E-state index contributed by atoms with van der Waals surface area (Å²) in [6, 6.07) is 3.29. The van der Waals surface area contributed by atoms with Crippen molar-refractivity contribution in [2.75, 3.05) is 28.4 Å². The molecular weight excluding hydrogens is 224 g/mol. The Morgan fingerprint density at radius 1 is 1.06 bits per heavy atom. The SMILES string of the molecule is COCc1cc(OC)c(C(=O)OC)cc1OC. The molecule has 0 spiro atoms. The predicted octanol–water partition coefficient (Wildman–Crippen LogP) is 1.64. The molecule has 1 rings (SSSR count). The molecule has 0 fully saturated rings. The summed E-state index contributed by atoms with van der Waals surface area (Å²) in [5.74, 6) is 0.530. The van der Waals surface area contributed by atoms with Crippen molar-refractivity contribution in [2.45, 2.75) is 6.61 Å². The normalized spacial score (nSPS) is 9.88. The van der Waals surface area contributed by atoms with E-state index in [1.54, 1.807) is 19.2 Å². The standard InChI is InChI=1S/C12H16O5/c1-14-7-8-5-11(16-3)9(12(13)17-4)6-10(8)15-2/h5-6H,7H2,1-4H3. The largest absolute Gasteiger partial charge is 0.496 e. The van der Waals surface area contributed by atoms with Crippen LogP contribution in [0.4, 0.5) is 0 Å². The lowest BCUT2D eigenvalue weighted by Gasteiger charge is -2.13. The van der Waals surface area contributed by atoms with Crippen molar-refractivity contribution in [1.82, 2.24) is 0 Å². The van der Waals surface area contributed by atoms with Gasteiger partial charge in [0, 0.05) is 12.7 Å². The Bertz CT molecular complexity index is 400. The molecule has 0 bridgehead atoms. The van der Waals surface area contributed by atoms with E-state index in [1.165, 1.54) is 21.3 Å². The summed E-state index contributed by atoms with van der Waals surface area (Å²) in [5, 5.41) is 0. The minimum atomic E-state index is -0.468. The highest BCUT2D eigenvalue weighted by molar-refractivity contribution is 5.93. The van der Waals surface area contributed by atoms with E-state index in [2.05, 4.69) is 4.74 Å². The van der Waals surface area contributed by atoms with Gasteiger partial charge >= 0.3 is 5.97 Å². The van der Waals surface area contributed by atoms with Gasteiger partial charge in [-0.1, -0.05) is 0 Å². The molecule has 0 atom stereocenters. The molecule has 0 saturated heterocycles. The first-order valence-electron chi connectivity index (χ1n) is 5.00. The number of rotatable bonds is 5. The minimum Gasteiger partial charge on any atom is -0.496 e. The molecule has 0 aliphatic heterocycles. The smallest absolute Gasteiger partial charge is 0.341 e. The van der Waals surface area contributed by atoms with Gasteiger partial charge in [-0.15, -0.1) is 0 Å².